The molecule has 0 spiro atoms. The second kappa shape index (κ2) is 10.4. The summed E-state index contributed by atoms with van der Waals surface area (Å²) in [5.74, 6) is 0.0977. The minimum atomic E-state index is -0.404. The van der Waals surface area contributed by atoms with Crippen LogP contribution in [0, 0.1) is 6.92 Å². The number of ether oxygens (including phenoxy) is 1. The minimum Gasteiger partial charge on any atom is -0.463 e. The number of nitrogens with two attached hydrogens (primary N) is 1. The van der Waals surface area contributed by atoms with Gasteiger partial charge in [-0.2, -0.15) is 14.4 Å². The smallest absolute Gasteiger partial charge is 0.318 e. The predicted molar refractivity (Wildman–Crippen MR) is 97.2 cm³/mol. The van der Waals surface area contributed by atoms with Gasteiger partial charge in [-0.15, -0.1) is 0 Å². The summed E-state index contributed by atoms with van der Waals surface area (Å²) in [4.78, 5) is 12.2. The largest absolute Gasteiger partial charge is 0.463 e. The molecule has 0 unspecified atom stereocenters. The van der Waals surface area contributed by atoms with Gasteiger partial charge in [-0.1, -0.05) is 32.9 Å². The molecule has 0 radical (unpaired) electrons. The van der Waals surface area contributed by atoms with Crippen LogP contribution in [-0.4, -0.2) is 29.1 Å². The van der Waals surface area contributed by atoms with Gasteiger partial charge in [-0.25, -0.2) is 4.99 Å². The van der Waals surface area contributed by atoms with Crippen LogP contribution in [0.25, 0.3) is 0 Å². The number of rotatable bonds is 6. The van der Waals surface area contributed by atoms with Gasteiger partial charge in [-0.3, -0.25) is 0 Å². The lowest BCUT2D eigenvalue weighted by molar-refractivity contribution is 0.292. The number of aliphatic imine (C=N–C) groups is 1. The molecule has 1 aliphatic heterocycles. The molecule has 0 saturated heterocycles. The molecule has 0 fully saturated rings. The zero-order valence-corrected chi connectivity index (χ0v) is 14.8. The maximum absolute atomic E-state index is 13.0. The summed E-state index contributed by atoms with van der Waals surface area (Å²) >= 11 is 0. The molecule has 1 aliphatic rings. The Morgan fingerprint density at radius 2 is 2.08 bits per heavy atom. The first kappa shape index (κ1) is 19.6. The van der Waals surface area contributed by atoms with Crippen LogP contribution in [0.2, 0.25) is 0 Å². The highest BCUT2D eigenvalue weighted by Crippen LogP contribution is 2.22. The molecule has 0 bridgehead atoms. The van der Waals surface area contributed by atoms with E-state index in [0.29, 0.717) is 36.4 Å². The molecule has 2 heterocycles. The van der Waals surface area contributed by atoms with E-state index in [4.69, 9.17) is 10.5 Å². The average Bonchev–Trinajstić information content (AvgIpc) is 2.80. The van der Waals surface area contributed by atoms with Gasteiger partial charge < -0.3 is 15.8 Å². The van der Waals surface area contributed by atoms with Gasteiger partial charge in [0.05, 0.1) is 18.0 Å². The van der Waals surface area contributed by atoms with Gasteiger partial charge in [0.2, 0.25) is 0 Å². The summed E-state index contributed by atoms with van der Waals surface area (Å²) in [6.45, 7) is 8.78. The zero-order chi connectivity index (χ0) is 17.9. The first-order chi connectivity index (χ1) is 11.6. The van der Waals surface area contributed by atoms with E-state index in [1.54, 1.807) is 13.0 Å². The van der Waals surface area contributed by atoms with Crippen molar-refractivity contribution >= 4 is 17.5 Å². The van der Waals surface area contributed by atoms with Crippen LogP contribution >= 0.6 is 0 Å². The van der Waals surface area contributed by atoms with Crippen molar-refractivity contribution in [2.24, 2.45) is 4.99 Å². The van der Waals surface area contributed by atoms with Gasteiger partial charge in [0.1, 0.15) is 0 Å². The number of nitrogens with zero attached hydrogens (tertiary/aromatic N) is 3. The molecular weight excluding hydrogens is 309 g/mol. The van der Waals surface area contributed by atoms with Crippen LogP contribution in [0.5, 0.6) is 6.01 Å². The lowest BCUT2D eigenvalue weighted by Crippen LogP contribution is -2.11. The Morgan fingerprint density at radius 1 is 1.33 bits per heavy atom. The van der Waals surface area contributed by atoms with Crippen molar-refractivity contribution < 1.29 is 9.13 Å². The number of nitrogens with one attached hydrogen (secondary N) is 1. The maximum atomic E-state index is 13.0. The van der Waals surface area contributed by atoms with E-state index in [1.807, 2.05) is 26.8 Å². The molecule has 3 N–H and O–H groups in total. The van der Waals surface area contributed by atoms with Crippen molar-refractivity contribution in [2.45, 2.75) is 40.5 Å². The summed E-state index contributed by atoms with van der Waals surface area (Å²) < 4.78 is 18.5. The fraction of sp³-hybridized carbons (Fsp3) is 0.471. The molecule has 1 aromatic rings. The Hall–Kier alpha value is -2.44. The van der Waals surface area contributed by atoms with Crippen LogP contribution in [0.4, 0.5) is 15.9 Å². The predicted octanol–water partition coefficient (Wildman–Crippen LogP) is 3.81. The Kier molecular flexibility index (Phi) is 8.46. The lowest BCUT2D eigenvalue weighted by Gasteiger charge is -2.12. The molecular formula is C17H26FN5O. The highest BCUT2D eigenvalue weighted by molar-refractivity contribution is 5.77. The van der Waals surface area contributed by atoms with Crippen molar-refractivity contribution in [1.82, 2.24) is 9.97 Å². The monoisotopic (exact) mass is 335 g/mol. The number of hydrogen-bond donors (Lipinski definition) is 2. The summed E-state index contributed by atoms with van der Waals surface area (Å²) in [6, 6.07) is 0.297. The number of aromatic nitrogens is 2. The molecule has 24 heavy (non-hydrogen) atoms. The van der Waals surface area contributed by atoms with Crippen molar-refractivity contribution in [3.63, 3.8) is 0 Å². The van der Waals surface area contributed by atoms with Crippen LogP contribution in [0.15, 0.2) is 28.9 Å². The fourth-order valence-corrected chi connectivity index (χ4v) is 1.80. The van der Waals surface area contributed by atoms with E-state index >= 15 is 0 Å². The SMILES string of the molecule is CC.CCCOc1nc(C)c(N)c(NCC2=CN=C(F)CC=C2)n1. The van der Waals surface area contributed by atoms with Crippen LogP contribution in [-0.2, 0) is 0 Å². The van der Waals surface area contributed by atoms with Gasteiger partial charge in [0.25, 0.3) is 0 Å². The summed E-state index contributed by atoms with van der Waals surface area (Å²) in [6.07, 6.45) is 6.12. The van der Waals surface area contributed by atoms with Crippen LogP contribution in [0.3, 0.4) is 0 Å². The van der Waals surface area contributed by atoms with Crippen LogP contribution in [0.1, 0.15) is 39.3 Å². The minimum absolute atomic E-state index is 0.212. The molecule has 0 aromatic carbocycles. The molecule has 0 saturated carbocycles. The first-order valence-electron chi connectivity index (χ1n) is 8.18. The third-order valence-corrected chi connectivity index (χ3v) is 3.00. The van der Waals surface area contributed by atoms with Crippen LogP contribution < -0.4 is 15.8 Å². The molecule has 132 valence electrons. The summed E-state index contributed by atoms with van der Waals surface area (Å²) in [5.41, 5.74) is 7.93. The standard InChI is InChI=1S/C15H20FN5O.C2H6/c1-3-7-22-15-20-10(2)13(17)14(21-15)19-9-11-5-4-6-12(16)18-8-11;1-2/h4-5,8H,3,6-7,9,17H2,1-2H3,(H,19,20,21);1-2H3. The normalized spacial score (nSPS) is 13.2. The average molecular weight is 335 g/mol. The Balaban J connectivity index is 0.00000139. The third kappa shape index (κ3) is 5.98. The molecule has 0 amide bonds. The number of hydrogen-bond acceptors (Lipinski definition) is 6. The molecule has 0 atom stereocenters. The van der Waals surface area contributed by atoms with E-state index in [0.717, 1.165) is 12.0 Å². The Morgan fingerprint density at radius 3 is 2.79 bits per heavy atom. The molecule has 7 heteroatoms. The number of halogens is 1. The van der Waals surface area contributed by atoms with Crippen molar-refractivity contribution in [1.29, 1.82) is 0 Å². The summed E-state index contributed by atoms with van der Waals surface area (Å²) in [5, 5.41) is 3.12. The number of nitrogen functional groups attached to an aromatic ring is 1. The zero-order valence-electron chi connectivity index (χ0n) is 14.8. The van der Waals surface area contributed by atoms with Gasteiger partial charge in [-0.05, 0) is 18.9 Å². The van der Waals surface area contributed by atoms with Crippen molar-refractivity contribution in [3.8, 4) is 6.01 Å². The molecule has 6 nitrogen and oxygen atoms in total. The quantitative estimate of drug-likeness (QED) is 0.826. The second-order valence-electron chi connectivity index (χ2n) is 4.87. The van der Waals surface area contributed by atoms with Gasteiger partial charge in [0, 0.05) is 19.2 Å². The van der Waals surface area contributed by atoms with Crippen molar-refractivity contribution in [3.05, 3.63) is 29.6 Å². The topological polar surface area (TPSA) is 85.4 Å². The molecule has 1 aromatic heterocycles. The van der Waals surface area contributed by atoms with Gasteiger partial charge in [0.15, 0.2) is 11.8 Å². The van der Waals surface area contributed by atoms with E-state index in [-0.39, 0.29) is 6.42 Å². The first-order valence-corrected chi connectivity index (χ1v) is 8.18. The number of aryl methyl sites for hydroxylation is 1. The lowest BCUT2D eigenvalue weighted by atomic mass is 10.2. The van der Waals surface area contributed by atoms with Crippen molar-refractivity contribution in [2.75, 3.05) is 24.2 Å². The maximum Gasteiger partial charge on any atom is 0.318 e. The van der Waals surface area contributed by atoms with E-state index in [9.17, 15) is 4.39 Å². The number of anilines is 2. The fourth-order valence-electron chi connectivity index (χ4n) is 1.80. The Labute approximate surface area is 142 Å². The highest BCUT2D eigenvalue weighted by atomic mass is 19.1. The summed E-state index contributed by atoms with van der Waals surface area (Å²) in [7, 11) is 0. The molecule has 2 rings (SSSR count). The van der Waals surface area contributed by atoms with E-state index < -0.39 is 5.97 Å². The highest BCUT2D eigenvalue weighted by Gasteiger charge is 2.10. The van der Waals surface area contributed by atoms with E-state index in [1.165, 1.54) is 6.20 Å². The van der Waals surface area contributed by atoms with Gasteiger partial charge >= 0.3 is 6.01 Å². The molecule has 0 aliphatic carbocycles. The third-order valence-electron chi connectivity index (χ3n) is 3.00. The second-order valence-corrected chi connectivity index (χ2v) is 4.87. The van der Waals surface area contributed by atoms with E-state index in [2.05, 4.69) is 20.3 Å². The number of allylic oxidation sites excluding steroid dienone is 1. The Bertz CT molecular complexity index is 626.